The minimum atomic E-state index is -3.45. The first kappa shape index (κ1) is 14.5. The van der Waals surface area contributed by atoms with E-state index in [4.69, 9.17) is 0 Å². The van der Waals surface area contributed by atoms with Crippen LogP contribution >= 0.6 is 0 Å². The highest BCUT2D eigenvalue weighted by Crippen LogP contribution is 2.31. The third kappa shape index (κ3) is 2.97. The Morgan fingerprint density at radius 2 is 1.86 bits per heavy atom. The average Bonchev–Trinajstić information content (AvgIpc) is 2.90. The molecule has 0 spiro atoms. The zero-order chi connectivity index (χ0) is 14.9. The van der Waals surface area contributed by atoms with E-state index in [0.717, 1.165) is 17.2 Å². The predicted octanol–water partition coefficient (Wildman–Crippen LogP) is 3.55. The molecule has 1 aliphatic carbocycles. The molecule has 0 bridgehead atoms. The molecule has 2 unspecified atom stereocenters. The predicted molar refractivity (Wildman–Crippen MR) is 85.6 cm³/mol. The summed E-state index contributed by atoms with van der Waals surface area (Å²) < 4.78 is 28.0. The lowest BCUT2D eigenvalue weighted by atomic mass is 9.99. The molecule has 3 nitrogen and oxygen atoms in total. The molecule has 0 radical (unpaired) electrons. The Morgan fingerprint density at radius 1 is 1.10 bits per heavy atom. The monoisotopic (exact) mass is 303 g/mol. The summed E-state index contributed by atoms with van der Waals surface area (Å²) in [7, 11) is -3.45. The van der Waals surface area contributed by atoms with E-state index in [1.165, 1.54) is 12.8 Å². The molecule has 1 fully saturated rings. The van der Waals surface area contributed by atoms with Crippen LogP contribution in [0.1, 0.15) is 26.2 Å². The Morgan fingerprint density at radius 3 is 2.62 bits per heavy atom. The van der Waals surface area contributed by atoms with Crippen molar-refractivity contribution in [2.45, 2.75) is 31.1 Å². The van der Waals surface area contributed by atoms with Crippen LogP contribution in [0, 0.1) is 11.8 Å². The molecule has 112 valence electrons. The Hall–Kier alpha value is -1.39. The minimum Gasteiger partial charge on any atom is -0.211 e. The van der Waals surface area contributed by atoms with Crippen molar-refractivity contribution in [1.29, 1.82) is 0 Å². The molecular formula is C17H21NO2S. The third-order valence-corrected chi connectivity index (χ3v) is 6.10. The second-order valence-corrected chi connectivity index (χ2v) is 7.73. The summed E-state index contributed by atoms with van der Waals surface area (Å²) in [5, 5.41) is 1.74. The van der Waals surface area contributed by atoms with Crippen LogP contribution in [-0.4, -0.2) is 15.0 Å². The lowest BCUT2D eigenvalue weighted by Gasteiger charge is -2.16. The summed E-state index contributed by atoms with van der Waals surface area (Å²) >= 11 is 0. The van der Waals surface area contributed by atoms with Gasteiger partial charge in [0.1, 0.15) is 0 Å². The van der Waals surface area contributed by atoms with E-state index in [1.807, 2.05) is 30.3 Å². The number of benzene rings is 2. The number of hydrogen-bond acceptors (Lipinski definition) is 2. The van der Waals surface area contributed by atoms with Crippen molar-refractivity contribution < 1.29 is 8.42 Å². The molecule has 0 aromatic heterocycles. The average molecular weight is 303 g/mol. The van der Waals surface area contributed by atoms with Gasteiger partial charge in [0.15, 0.2) is 0 Å². The van der Waals surface area contributed by atoms with Gasteiger partial charge in [-0.2, -0.15) is 0 Å². The van der Waals surface area contributed by atoms with Crippen LogP contribution < -0.4 is 4.72 Å². The first-order chi connectivity index (χ1) is 10.1. The van der Waals surface area contributed by atoms with Crippen LogP contribution in [0.5, 0.6) is 0 Å². The Bertz CT molecular complexity index is 734. The zero-order valence-corrected chi connectivity index (χ0v) is 13.1. The summed E-state index contributed by atoms with van der Waals surface area (Å²) in [5.41, 5.74) is 0. The molecule has 2 aromatic carbocycles. The molecule has 1 aliphatic rings. The molecule has 0 heterocycles. The molecule has 2 aromatic rings. The van der Waals surface area contributed by atoms with Crippen molar-refractivity contribution in [2.75, 3.05) is 6.54 Å². The maximum absolute atomic E-state index is 12.6. The van der Waals surface area contributed by atoms with E-state index >= 15 is 0 Å². The molecule has 3 rings (SSSR count). The molecule has 1 saturated carbocycles. The first-order valence-corrected chi connectivity index (χ1v) is 9.04. The number of fused-ring (bicyclic) bond motifs is 1. The Labute approximate surface area is 126 Å². The molecule has 0 amide bonds. The van der Waals surface area contributed by atoms with Crippen LogP contribution in [-0.2, 0) is 10.0 Å². The SMILES string of the molecule is CC1CCCC1CNS(=O)(=O)c1cccc2ccccc12. The zero-order valence-electron chi connectivity index (χ0n) is 12.2. The number of sulfonamides is 1. The van der Waals surface area contributed by atoms with Crippen molar-refractivity contribution in [3.63, 3.8) is 0 Å². The van der Waals surface area contributed by atoms with Gasteiger partial charge in [-0.1, -0.05) is 56.2 Å². The summed E-state index contributed by atoms with van der Waals surface area (Å²) in [5.74, 6) is 1.08. The van der Waals surface area contributed by atoms with Gasteiger partial charge in [-0.3, -0.25) is 0 Å². The maximum atomic E-state index is 12.6. The van der Waals surface area contributed by atoms with Crippen molar-refractivity contribution in [1.82, 2.24) is 4.72 Å². The second-order valence-electron chi connectivity index (χ2n) is 6.00. The third-order valence-electron chi connectivity index (χ3n) is 4.61. The van der Waals surface area contributed by atoms with Crippen molar-refractivity contribution in [3.8, 4) is 0 Å². The standard InChI is InChI=1S/C17H21NO2S/c1-13-6-4-9-15(13)12-18-21(19,20)17-11-5-8-14-7-2-3-10-16(14)17/h2-3,5,7-8,10-11,13,15,18H,4,6,9,12H2,1H3. The first-order valence-electron chi connectivity index (χ1n) is 7.55. The second kappa shape index (κ2) is 5.78. The quantitative estimate of drug-likeness (QED) is 0.939. The van der Waals surface area contributed by atoms with Gasteiger partial charge in [-0.25, -0.2) is 13.1 Å². The number of nitrogens with one attached hydrogen (secondary N) is 1. The van der Waals surface area contributed by atoms with E-state index < -0.39 is 10.0 Å². The highest BCUT2D eigenvalue weighted by Gasteiger charge is 2.25. The Kier molecular flexibility index (Phi) is 4.00. The van der Waals surface area contributed by atoms with E-state index in [1.54, 1.807) is 12.1 Å². The topological polar surface area (TPSA) is 46.2 Å². The van der Waals surface area contributed by atoms with Gasteiger partial charge in [0.2, 0.25) is 10.0 Å². The number of rotatable bonds is 4. The normalized spacial score (nSPS) is 22.7. The van der Waals surface area contributed by atoms with Crippen LogP contribution in [0.4, 0.5) is 0 Å². The van der Waals surface area contributed by atoms with Gasteiger partial charge in [0, 0.05) is 11.9 Å². The number of hydrogen-bond donors (Lipinski definition) is 1. The van der Waals surface area contributed by atoms with Crippen LogP contribution in [0.2, 0.25) is 0 Å². The molecule has 2 atom stereocenters. The molecule has 0 saturated heterocycles. The summed E-state index contributed by atoms with van der Waals surface area (Å²) in [6.45, 7) is 2.76. The fourth-order valence-corrected chi connectivity index (χ4v) is 4.57. The molecule has 0 aliphatic heterocycles. The molecule has 21 heavy (non-hydrogen) atoms. The van der Waals surface area contributed by atoms with E-state index in [9.17, 15) is 8.42 Å². The summed E-state index contributed by atoms with van der Waals surface area (Å²) in [4.78, 5) is 0.381. The van der Waals surface area contributed by atoms with E-state index in [-0.39, 0.29) is 0 Å². The lowest BCUT2D eigenvalue weighted by Crippen LogP contribution is -2.30. The molecular weight excluding hydrogens is 282 g/mol. The van der Waals surface area contributed by atoms with Gasteiger partial charge in [0.25, 0.3) is 0 Å². The van der Waals surface area contributed by atoms with Gasteiger partial charge < -0.3 is 0 Å². The van der Waals surface area contributed by atoms with Crippen molar-refractivity contribution in [3.05, 3.63) is 42.5 Å². The highest BCUT2D eigenvalue weighted by molar-refractivity contribution is 7.89. The summed E-state index contributed by atoms with van der Waals surface area (Å²) in [6, 6.07) is 13.0. The largest absolute Gasteiger partial charge is 0.241 e. The molecule has 4 heteroatoms. The highest BCUT2D eigenvalue weighted by atomic mass is 32.2. The maximum Gasteiger partial charge on any atom is 0.241 e. The smallest absolute Gasteiger partial charge is 0.211 e. The van der Waals surface area contributed by atoms with Crippen molar-refractivity contribution >= 4 is 20.8 Å². The van der Waals surface area contributed by atoms with Gasteiger partial charge >= 0.3 is 0 Å². The minimum absolute atomic E-state index is 0.381. The van der Waals surface area contributed by atoms with Gasteiger partial charge in [0.05, 0.1) is 4.90 Å². The van der Waals surface area contributed by atoms with Crippen LogP contribution in [0.25, 0.3) is 10.8 Å². The van der Waals surface area contributed by atoms with Gasteiger partial charge in [-0.15, -0.1) is 0 Å². The van der Waals surface area contributed by atoms with Crippen LogP contribution in [0.3, 0.4) is 0 Å². The fourth-order valence-electron chi connectivity index (χ4n) is 3.25. The van der Waals surface area contributed by atoms with Crippen molar-refractivity contribution in [2.24, 2.45) is 11.8 Å². The lowest BCUT2D eigenvalue weighted by molar-refractivity contribution is 0.414. The van der Waals surface area contributed by atoms with E-state index in [0.29, 0.717) is 23.3 Å². The molecule has 1 N–H and O–H groups in total. The fraction of sp³-hybridized carbons (Fsp3) is 0.412. The Balaban J connectivity index is 1.86. The van der Waals surface area contributed by atoms with Crippen LogP contribution in [0.15, 0.2) is 47.4 Å². The summed E-state index contributed by atoms with van der Waals surface area (Å²) in [6.07, 6.45) is 3.54. The van der Waals surface area contributed by atoms with Gasteiger partial charge in [-0.05, 0) is 29.7 Å². The van der Waals surface area contributed by atoms with E-state index in [2.05, 4.69) is 11.6 Å².